The molecule has 0 heterocycles. The van der Waals surface area contributed by atoms with Crippen LogP contribution in [0.4, 0.5) is 0 Å². The summed E-state index contributed by atoms with van der Waals surface area (Å²) in [6.45, 7) is 0. The topological polar surface area (TPSA) is 0 Å². The third-order valence-electron chi connectivity index (χ3n) is 5.93. The van der Waals surface area contributed by atoms with E-state index in [1.165, 1.54) is 31.8 Å². The molecule has 0 atom stereocenters. The summed E-state index contributed by atoms with van der Waals surface area (Å²) in [5.41, 5.74) is 0. The Morgan fingerprint density at radius 1 is 0.447 bits per heavy atom. The van der Waals surface area contributed by atoms with Gasteiger partial charge in [0.2, 0.25) is 0 Å². The smallest absolute Gasteiger partial charge is 0 e. The third kappa shape index (κ3) is 6.81. The van der Waals surface area contributed by atoms with Crippen LogP contribution in [0, 0.1) is 0 Å². The first-order valence-electron chi connectivity index (χ1n) is 12.3. The quantitative estimate of drug-likeness (QED) is 0.112. The van der Waals surface area contributed by atoms with E-state index in [4.69, 9.17) is 11.6 Å². The van der Waals surface area contributed by atoms with E-state index in [2.05, 4.69) is 133 Å². The second-order valence-electron chi connectivity index (χ2n) is 8.39. The molecule has 0 saturated heterocycles. The van der Waals surface area contributed by atoms with Gasteiger partial charge < -0.3 is 30.3 Å². The maximum Gasteiger partial charge on any atom is 0 e. The summed E-state index contributed by atoms with van der Waals surface area (Å²) in [4.78, 5) is 0. The zero-order valence-electron chi connectivity index (χ0n) is 20.7. The largest absolute Gasteiger partial charge is 0.748 e. The Kier molecular flexibility index (Phi) is 10.7. The maximum atomic E-state index is 6.99. The summed E-state index contributed by atoms with van der Waals surface area (Å²) in [6.07, 6.45) is 0. The van der Waals surface area contributed by atoms with Crippen LogP contribution in [0.25, 0.3) is 0 Å². The molecule has 0 saturated carbocycles. The van der Waals surface area contributed by atoms with E-state index < -0.39 is 15.8 Å². The third-order valence-corrected chi connectivity index (χ3v) is 11.6. The van der Waals surface area contributed by atoms with Gasteiger partial charge in [0.05, 0.1) is 0 Å². The van der Waals surface area contributed by atoms with Crippen molar-refractivity contribution >= 4 is 59.3 Å². The van der Waals surface area contributed by atoms with Crippen LogP contribution in [0.1, 0.15) is 0 Å². The molecule has 38 heavy (non-hydrogen) atoms. The minimum Gasteiger partial charge on any atom is -0.748 e. The molecule has 194 valence electrons. The van der Waals surface area contributed by atoms with Crippen molar-refractivity contribution in [3.8, 4) is 0 Å². The van der Waals surface area contributed by atoms with Gasteiger partial charge in [0, 0.05) is 17.1 Å². The van der Waals surface area contributed by atoms with Gasteiger partial charge in [-0.1, -0.05) is 134 Å². The van der Waals surface area contributed by atoms with Crippen LogP contribution in [0.3, 0.4) is 0 Å². The summed E-state index contributed by atoms with van der Waals surface area (Å²) < 4.78 is 0. The van der Waals surface area contributed by atoms with E-state index in [-0.39, 0.29) is 17.1 Å². The van der Waals surface area contributed by atoms with Gasteiger partial charge >= 0.3 is 0 Å². The summed E-state index contributed by atoms with van der Waals surface area (Å²) in [5.74, 6) is 0. The molecule has 0 aliphatic rings. The molecule has 6 aromatic rings. The summed E-state index contributed by atoms with van der Waals surface area (Å²) in [6, 6.07) is 57.6. The SMILES string of the molecule is Cl[c-]1ccc(P(c2ccccc2)c2ccccc2)c1P(c1ccccc1)c1ccccc1.[Fe].[cH-]1[cH-][cH-][cH-][cH-]1. The molecule has 0 bridgehead atoms. The predicted molar refractivity (Wildman–Crippen MR) is 166 cm³/mol. The molecule has 4 heteroatoms. The maximum absolute atomic E-state index is 6.99. The summed E-state index contributed by atoms with van der Waals surface area (Å²) in [7, 11) is -1.51. The van der Waals surface area contributed by atoms with E-state index in [0.717, 1.165) is 5.02 Å². The second-order valence-corrected chi connectivity index (χ2v) is 13.1. The molecular formula is C34H27ClFeP2-6. The van der Waals surface area contributed by atoms with Crippen molar-refractivity contribution in [1.82, 2.24) is 0 Å². The van der Waals surface area contributed by atoms with E-state index in [9.17, 15) is 0 Å². The fourth-order valence-corrected chi connectivity index (χ4v) is 10.1. The predicted octanol–water partition coefficient (Wildman–Crippen LogP) is 6.98. The molecule has 6 aromatic carbocycles. The zero-order chi connectivity index (χ0) is 25.3. The number of halogens is 1. The van der Waals surface area contributed by atoms with Crippen molar-refractivity contribution < 1.29 is 17.1 Å². The molecule has 0 spiro atoms. The first-order valence-corrected chi connectivity index (χ1v) is 15.3. The molecule has 6 rings (SSSR count). The molecule has 0 radical (unpaired) electrons. The first kappa shape index (κ1) is 28.3. The minimum atomic E-state index is -0.780. The van der Waals surface area contributed by atoms with Gasteiger partial charge in [0.15, 0.2) is 0 Å². The van der Waals surface area contributed by atoms with E-state index in [0.29, 0.717) is 0 Å². The van der Waals surface area contributed by atoms with Crippen LogP contribution >= 0.6 is 27.4 Å². The Balaban J connectivity index is 0.000000504. The van der Waals surface area contributed by atoms with Gasteiger partial charge in [0.1, 0.15) is 0 Å². The van der Waals surface area contributed by atoms with Crippen LogP contribution in [-0.4, -0.2) is 0 Å². The molecule has 0 unspecified atom stereocenters. The molecule has 0 nitrogen and oxygen atoms in total. The number of hydrogen-bond acceptors (Lipinski definition) is 0. The van der Waals surface area contributed by atoms with Gasteiger partial charge in [0.25, 0.3) is 0 Å². The first-order chi connectivity index (χ1) is 18.3. The molecule has 0 fully saturated rings. The van der Waals surface area contributed by atoms with E-state index in [1.54, 1.807) is 0 Å². The van der Waals surface area contributed by atoms with Crippen molar-refractivity contribution in [2.75, 3.05) is 0 Å². The Morgan fingerprint density at radius 2 is 0.763 bits per heavy atom. The van der Waals surface area contributed by atoms with Gasteiger partial charge in [-0.3, -0.25) is 0 Å². The van der Waals surface area contributed by atoms with Crippen LogP contribution in [0.2, 0.25) is 5.02 Å². The summed E-state index contributed by atoms with van der Waals surface area (Å²) >= 11 is 6.99. The van der Waals surface area contributed by atoms with E-state index >= 15 is 0 Å². The minimum absolute atomic E-state index is 0. The van der Waals surface area contributed by atoms with E-state index in [1.807, 2.05) is 30.3 Å². The fraction of sp³-hybridized carbons (Fsp3) is 0. The normalized spacial score (nSPS) is 10.5. The molecular weight excluding hydrogens is 562 g/mol. The van der Waals surface area contributed by atoms with Gasteiger partial charge in [-0.15, -0.1) is 5.30 Å². The molecule has 0 aliphatic heterocycles. The van der Waals surface area contributed by atoms with Crippen LogP contribution < -0.4 is 31.8 Å². The van der Waals surface area contributed by atoms with Crippen LogP contribution in [-0.2, 0) is 17.1 Å². The van der Waals surface area contributed by atoms with Crippen molar-refractivity contribution in [2.45, 2.75) is 0 Å². The van der Waals surface area contributed by atoms with Gasteiger partial charge in [-0.05, 0) is 29.1 Å². The number of benzene rings is 4. The Morgan fingerprint density at radius 3 is 1.11 bits per heavy atom. The van der Waals surface area contributed by atoms with Crippen molar-refractivity contribution in [1.29, 1.82) is 0 Å². The Bertz CT molecular complexity index is 1370. The van der Waals surface area contributed by atoms with Crippen molar-refractivity contribution in [3.05, 3.63) is 169 Å². The second kappa shape index (κ2) is 14.4. The van der Waals surface area contributed by atoms with Crippen molar-refractivity contribution in [3.63, 3.8) is 0 Å². The fourth-order valence-electron chi connectivity index (χ4n) is 4.30. The zero-order valence-corrected chi connectivity index (χ0v) is 24.4. The molecule has 0 aromatic heterocycles. The van der Waals surface area contributed by atoms with Gasteiger partial charge in [-0.25, -0.2) is 6.07 Å². The molecule has 0 aliphatic carbocycles. The Labute approximate surface area is 244 Å². The average molecular weight is 589 g/mol. The van der Waals surface area contributed by atoms with Crippen LogP contribution in [0.15, 0.2) is 164 Å². The number of hydrogen-bond donors (Lipinski definition) is 0. The summed E-state index contributed by atoms with van der Waals surface area (Å²) in [5, 5.41) is 8.80. The molecule has 0 N–H and O–H groups in total. The van der Waals surface area contributed by atoms with Crippen LogP contribution in [0.5, 0.6) is 0 Å². The van der Waals surface area contributed by atoms with Crippen molar-refractivity contribution in [2.24, 2.45) is 0 Å². The standard InChI is InChI=1S/C29H22ClP2.C5H5.Fe/c30-27-21-22-28(31(23-13-5-1-6-14-23)24-15-7-2-8-16-24)29(27)32(25-17-9-3-10-18-25)26-19-11-4-12-20-26;1-2-4-5-3-1;/h1-22H;1-5H;/q-1;-5;. The van der Waals surface area contributed by atoms with Gasteiger partial charge in [-0.2, -0.15) is 23.0 Å². The monoisotopic (exact) mass is 588 g/mol. The average Bonchev–Trinajstić information content (AvgIpc) is 3.67. The number of rotatable bonds is 6. The molecule has 0 amide bonds. The Hall–Kier alpha value is -2.75.